The van der Waals surface area contributed by atoms with E-state index in [4.69, 9.17) is 4.98 Å². The van der Waals surface area contributed by atoms with Gasteiger partial charge in [-0.1, -0.05) is 43.9 Å². The highest BCUT2D eigenvalue weighted by atomic mass is 28.3. The highest BCUT2D eigenvalue weighted by molar-refractivity contribution is 6.82. The molecule has 17 heavy (non-hydrogen) atoms. The number of hydrogen-bond donors (Lipinski definition) is 0. The van der Waals surface area contributed by atoms with Crippen LogP contribution >= 0.6 is 0 Å². The minimum absolute atomic E-state index is 0.0354. The van der Waals surface area contributed by atoms with Crippen LogP contribution in [0.1, 0.15) is 26.3 Å². The van der Waals surface area contributed by atoms with Gasteiger partial charge in [0.15, 0.2) is 0 Å². The second-order valence-corrected chi connectivity index (χ2v) is 10.8. The van der Waals surface area contributed by atoms with Crippen LogP contribution < -0.4 is 0 Å². The fourth-order valence-electron chi connectivity index (χ4n) is 1.32. The third-order valence-electron chi connectivity index (χ3n) is 1.98. The maximum absolute atomic E-state index is 4.84. The quantitative estimate of drug-likeness (QED) is 0.544. The maximum atomic E-state index is 4.84. The van der Waals surface area contributed by atoms with Gasteiger partial charge in [0.1, 0.15) is 0 Å². The molecule has 0 radical (unpaired) electrons. The largest absolute Gasteiger partial charge is 0.687 e. The first kappa shape index (κ1) is 14.0. The molecule has 0 fully saturated rings. The van der Waals surface area contributed by atoms with Crippen LogP contribution in [0.5, 0.6) is 0 Å². The molecule has 0 saturated carbocycles. The lowest BCUT2D eigenvalue weighted by atomic mass is 10.1. The molecule has 0 saturated heterocycles. The molecule has 0 spiro atoms. The van der Waals surface area contributed by atoms with Gasteiger partial charge in [0.05, 0.1) is 5.54 Å². The van der Waals surface area contributed by atoms with Gasteiger partial charge in [-0.3, -0.25) is 4.99 Å². The Morgan fingerprint density at radius 3 is 2.24 bits per heavy atom. The fraction of sp³-hybridized carbons (Fsp3) is 0.500. The second kappa shape index (κ2) is 5.04. The van der Waals surface area contributed by atoms with E-state index < -0.39 is 8.24 Å². The minimum Gasteiger partial charge on any atom is -0.687 e. The normalized spacial score (nSPS) is 13.1. The minimum atomic E-state index is -1.44. The van der Waals surface area contributed by atoms with Gasteiger partial charge in [0.2, 0.25) is 0 Å². The van der Waals surface area contributed by atoms with E-state index in [-0.39, 0.29) is 5.54 Å². The molecule has 0 atom stereocenters. The molecule has 94 valence electrons. The van der Waals surface area contributed by atoms with Crippen LogP contribution in [0.2, 0.25) is 19.6 Å². The zero-order valence-corrected chi connectivity index (χ0v) is 12.8. The number of aliphatic imine (C=N–C) groups is 1. The summed E-state index contributed by atoms with van der Waals surface area (Å²) in [5, 5.41) is 0. The third kappa shape index (κ3) is 5.68. The van der Waals surface area contributed by atoms with Crippen molar-refractivity contribution < 1.29 is 0 Å². The predicted octanol–water partition coefficient (Wildman–Crippen LogP) is 4.74. The van der Waals surface area contributed by atoms with E-state index in [0.29, 0.717) is 0 Å². The lowest BCUT2D eigenvalue weighted by Gasteiger charge is -2.37. The topological polar surface area (TPSA) is 26.5 Å². The number of benzene rings is 1. The van der Waals surface area contributed by atoms with Crippen LogP contribution in [0, 0.1) is 0 Å². The molecular formula is C14H23N2Si-. The zero-order valence-electron chi connectivity index (χ0n) is 11.8. The van der Waals surface area contributed by atoms with Gasteiger partial charge in [-0.2, -0.15) is 0 Å². The molecule has 3 heteroatoms. The van der Waals surface area contributed by atoms with E-state index in [2.05, 4.69) is 57.5 Å². The van der Waals surface area contributed by atoms with Crippen molar-refractivity contribution in [3.05, 3.63) is 34.8 Å². The fourth-order valence-corrected chi connectivity index (χ4v) is 2.25. The molecule has 2 nitrogen and oxygen atoms in total. The Bertz CT molecular complexity index is 397. The van der Waals surface area contributed by atoms with Gasteiger partial charge in [0, 0.05) is 6.21 Å². The number of nitrogens with zero attached hydrogens (tertiary/aromatic N) is 2. The Balaban J connectivity index is 2.97. The summed E-state index contributed by atoms with van der Waals surface area (Å²) in [6.45, 7) is 13.0. The van der Waals surface area contributed by atoms with Crippen LogP contribution in [0.15, 0.2) is 29.3 Å². The summed E-state index contributed by atoms with van der Waals surface area (Å²) in [6, 6.07) is 8.22. The lowest BCUT2D eigenvalue weighted by molar-refractivity contribution is 0.587. The molecule has 0 bridgehead atoms. The van der Waals surface area contributed by atoms with Crippen LogP contribution in [0.4, 0.5) is 5.69 Å². The Morgan fingerprint density at radius 1 is 1.12 bits per heavy atom. The smallest absolute Gasteiger partial charge is 0.0524 e. The van der Waals surface area contributed by atoms with Crippen molar-refractivity contribution in [3.63, 3.8) is 0 Å². The van der Waals surface area contributed by atoms with Gasteiger partial charge >= 0.3 is 0 Å². The van der Waals surface area contributed by atoms with Crippen molar-refractivity contribution in [1.29, 1.82) is 0 Å². The van der Waals surface area contributed by atoms with Gasteiger partial charge in [-0.15, -0.1) is 5.69 Å². The molecule has 0 aliphatic rings. The highest BCUT2D eigenvalue weighted by Gasteiger charge is 2.05. The average molecular weight is 247 g/mol. The Hall–Kier alpha value is -1.09. The summed E-state index contributed by atoms with van der Waals surface area (Å²) >= 11 is 0. The van der Waals surface area contributed by atoms with Crippen LogP contribution in [0.3, 0.4) is 0 Å². The molecule has 1 aromatic carbocycles. The molecule has 0 aromatic heterocycles. The number of hydrogen-bond acceptors (Lipinski definition) is 1. The van der Waals surface area contributed by atoms with E-state index >= 15 is 0 Å². The summed E-state index contributed by atoms with van der Waals surface area (Å²) in [6.07, 6.45) is 1.94. The van der Waals surface area contributed by atoms with E-state index in [9.17, 15) is 0 Å². The van der Waals surface area contributed by atoms with E-state index in [0.717, 1.165) is 11.3 Å². The molecular weight excluding hydrogens is 224 g/mol. The first-order chi connectivity index (χ1) is 7.67. The van der Waals surface area contributed by atoms with Crippen LogP contribution in [-0.2, 0) is 0 Å². The van der Waals surface area contributed by atoms with Crippen molar-refractivity contribution in [2.24, 2.45) is 4.99 Å². The molecule has 0 aliphatic carbocycles. The van der Waals surface area contributed by atoms with E-state index in [1.807, 2.05) is 18.3 Å². The maximum Gasteiger partial charge on any atom is 0.0524 e. The SMILES string of the molecule is CC(C)(C)N=Cc1ccccc1[N-][Si](C)(C)C. The van der Waals surface area contributed by atoms with Gasteiger partial charge in [0.25, 0.3) is 0 Å². The lowest BCUT2D eigenvalue weighted by Crippen LogP contribution is -2.17. The summed E-state index contributed by atoms with van der Waals surface area (Å²) < 4.78 is 0. The molecule has 0 unspecified atom stereocenters. The predicted molar refractivity (Wildman–Crippen MR) is 80.2 cm³/mol. The third-order valence-corrected chi connectivity index (χ3v) is 2.90. The van der Waals surface area contributed by atoms with Gasteiger partial charge < -0.3 is 4.98 Å². The molecule has 0 heterocycles. The Kier molecular flexibility index (Phi) is 4.15. The highest BCUT2D eigenvalue weighted by Crippen LogP contribution is 2.28. The molecule has 0 N–H and O–H groups in total. The zero-order chi connectivity index (χ0) is 13.1. The molecule has 1 rings (SSSR count). The second-order valence-electron chi connectivity index (χ2n) is 6.27. The van der Waals surface area contributed by atoms with Crippen LogP contribution in [-0.4, -0.2) is 20.0 Å². The molecule has 1 aromatic rings. The average Bonchev–Trinajstić information content (AvgIpc) is 2.12. The Morgan fingerprint density at radius 2 is 1.71 bits per heavy atom. The summed E-state index contributed by atoms with van der Waals surface area (Å²) in [5.74, 6) is 0. The van der Waals surface area contributed by atoms with Crippen molar-refractivity contribution in [3.8, 4) is 0 Å². The summed E-state index contributed by atoms with van der Waals surface area (Å²) in [5.41, 5.74) is 2.15. The standard InChI is InChI=1S/C14H23N2Si/c1-14(2,3)15-11-12-9-7-8-10-13(12)16-17(4,5)6/h7-11H,1-6H3/q-1. The Labute approximate surface area is 106 Å². The van der Waals surface area contributed by atoms with Gasteiger partial charge in [-0.25, -0.2) is 0 Å². The van der Waals surface area contributed by atoms with Crippen molar-refractivity contribution in [2.75, 3.05) is 0 Å². The van der Waals surface area contributed by atoms with Crippen molar-refractivity contribution >= 4 is 20.1 Å². The van der Waals surface area contributed by atoms with Crippen LogP contribution in [0.25, 0.3) is 4.98 Å². The summed E-state index contributed by atoms with van der Waals surface area (Å²) in [4.78, 5) is 9.39. The molecule has 0 amide bonds. The van der Waals surface area contributed by atoms with Gasteiger partial charge in [-0.05, 0) is 34.6 Å². The van der Waals surface area contributed by atoms with Crippen molar-refractivity contribution in [1.82, 2.24) is 0 Å². The van der Waals surface area contributed by atoms with E-state index in [1.54, 1.807) is 0 Å². The first-order valence-electron chi connectivity index (χ1n) is 6.05. The first-order valence-corrected chi connectivity index (χ1v) is 9.49. The van der Waals surface area contributed by atoms with E-state index in [1.165, 1.54) is 0 Å². The summed E-state index contributed by atoms with van der Waals surface area (Å²) in [7, 11) is -1.44. The van der Waals surface area contributed by atoms with Crippen molar-refractivity contribution in [2.45, 2.75) is 46.0 Å². The number of rotatable bonds is 3. The monoisotopic (exact) mass is 247 g/mol. The molecule has 0 aliphatic heterocycles.